The molecule has 2 aromatic rings. The Hall–Kier alpha value is -0.840. The summed E-state index contributed by atoms with van der Waals surface area (Å²) in [5, 5.41) is 2.46. The number of hydrogen-bond donors (Lipinski definition) is 0. The smallest absolute Gasteiger partial charge is 0.122 e. The normalized spacial score (nSPS) is 10.7. The molecule has 0 saturated carbocycles. The van der Waals surface area contributed by atoms with Crippen molar-refractivity contribution < 1.29 is 4.74 Å². The Bertz CT molecular complexity index is 523. The Kier molecular flexibility index (Phi) is 2.82. The molecular weight excluding hydrogens is 301 g/mol. The molecule has 1 heterocycles. The number of nitrogens with zero attached hydrogens (tertiary/aromatic N) is 1. The molecule has 0 atom stereocenters. The molecule has 0 fully saturated rings. The van der Waals surface area contributed by atoms with Gasteiger partial charge in [0.2, 0.25) is 0 Å². The van der Waals surface area contributed by atoms with Crippen LogP contribution in [-0.2, 0) is 0 Å². The fraction of sp³-hybridized carbons (Fsp3) is 0.250. The van der Waals surface area contributed by atoms with Crippen LogP contribution in [0.4, 0.5) is 0 Å². The molecule has 0 saturated heterocycles. The van der Waals surface area contributed by atoms with Crippen LogP contribution in [0.25, 0.3) is 10.8 Å². The van der Waals surface area contributed by atoms with E-state index in [-0.39, 0.29) is 0 Å². The second-order valence-electron chi connectivity index (χ2n) is 3.56. The lowest BCUT2D eigenvalue weighted by Gasteiger charge is -2.11. The predicted octanol–water partition coefficient (Wildman–Crippen LogP) is 3.46. The molecule has 0 unspecified atom stereocenters. The number of aromatic nitrogens is 1. The van der Waals surface area contributed by atoms with Gasteiger partial charge in [-0.05, 0) is 48.1 Å². The molecule has 0 radical (unpaired) electrons. The second kappa shape index (κ2) is 3.96. The molecule has 15 heavy (non-hydrogen) atoms. The zero-order valence-electron chi connectivity index (χ0n) is 8.97. The first-order valence-corrected chi connectivity index (χ1v) is 5.80. The minimum Gasteiger partial charge on any atom is -0.496 e. The van der Waals surface area contributed by atoms with E-state index in [9.17, 15) is 0 Å². The minimum atomic E-state index is 0.948. The first-order chi connectivity index (χ1) is 7.15. The van der Waals surface area contributed by atoms with Crippen molar-refractivity contribution in [3.8, 4) is 5.75 Å². The number of ether oxygens (including phenoxy) is 1. The van der Waals surface area contributed by atoms with Crippen LogP contribution in [-0.4, -0.2) is 12.1 Å². The molecule has 78 valence electrons. The Balaban J connectivity index is 2.95. The molecule has 0 N–H and O–H groups in total. The van der Waals surface area contributed by atoms with Crippen LogP contribution in [0.3, 0.4) is 0 Å². The van der Waals surface area contributed by atoms with Crippen molar-refractivity contribution in [3.05, 3.63) is 33.2 Å². The lowest BCUT2D eigenvalue weighted by Crippen LogP contribution is -1.93. The molecule has 0 aliphatic heterocycles. The Morgan fingerprint density at radius 2 is 2.00 bits per heavy atom. The van der Waals surface area contributed by atoms with E-state index in [1.54, 1.807) is 7.11 Å². The zero-order valence-corrected chi connectivity index (χ0v) is 11.1. The number of halogens is 1. The van der Waals surface area contributed by atoms with Crippen LogP contribution in [0.1, 0.15) is 11.1 Å². The van der Waals surface area contributed by atoms with Gasteiger partial charge in [0, 0.05) is 32.3 Å². The quantitative estimate of drug-likeness (QED) is 0.752. The van der Waals surface area contributed by atoms with Crippen LogP contribution in [0.2, 0.25) is 0 Å². The summed E-state index contributed by atoms with van der Waals surface area (Å²) in [6, 6.07) is 2.06. The summed E-state index contributed by atoms with van der Waals surface area (Å²) < 4.78 is 6.54. The highest BCUT2D eigenvalue weighted by Gasteiger charge is 2.09. The maximum absolute atomic E-state index is 5.37. The summed E-state index contributed by atoms with van der Waals surface area (Å²) in [6.45, 7) is 4.17. The SMILES string of the molecule is COc1cc(C)c2cncc(I)c2c1C. The van der Waals surface area contributed by atoms with Gasteiger partial charge in [0.25, 0.3) is 0 Å². The average Bonchev–Trinajstić information content (AvgIpc) is 2.23. The standard InChI is InChI=1S/C12H12INO/c1-7-4-11(15-3)8(2)12-9(7)5-14-6-10(12)13/h4-6H,1-3H3. The number of rotatable bonds is 1. The number of aryl methyl sites for hydroxylation is 2. The third kappa shape index (κ3) is 1.69. The molecule has 3 heteroatoms. The first kappa shape index (κ1) is 10.7. The summed E-state index contributed by atoms with van der Waals surface area (Å²) >= 11 is 2.32. The lowest BCUT2D eigenvalue weighted by atomic mass is 10.0. The van der Waals surface area contributed by atoms with E-state index in [1.165, 1.54) is 25.5 Å². The van der Waals surface area contributed by atoms with Crippen LogP contribution in [0, 0.1) is 17.4 Å². The van der Waals surface area contributed by atoms with Crippen molar-refractivity contribution in [2.24, 2.45) is 0 Å². The average molecular weight is 313 g/mol. The molecular formula is C12H12INO. The van der Waals surface area contributed by atoms with Gasteiger partial charge in [-0.3, -0.25) is 4.98 Å². The number of fused-ring (bicyclic) bond motifs is 1. The van der Waals surface area contributed by atoms with Gasteiger partial charge in [0.15, 0.2) is 0 Å². The van der Waals surface area contributed by atoms with Crippen molar-refractivity contribution >= 4 is 33.4 Å². The van der Waals surface area contributed by atoms with Crippen LogP contribution >= 0.6 is 22.6 Å². The van der Waals surface area contributed by atoms with E-state index in [1.807, 2.05) is 12.4 Å². The van der Waals surface area contributed by atoms with Crippen molar-refractivity contribution in [1.82, 2.24) is 4.98 Å². The summed E-state index contributed by atoms with van der Waals surface area (Å²) in [7, 11) is 1.71. The van der Waals surface area contributed by atoms with Crippen molar-refractivity contribution in [2.75, 3.05) is 7.11 Å². The minimum absolute atomic E-state index is 0.948. The van der Waals surface area contributed by atoms with Crippen molar-refractivity contribution in [1.29, 1.82) is 0 Å². The van der Waals surface area contributed by atoms with Gasteiger partial charge < -0.3 is 4.74 Å². The number of hydrogen-bond acceptors (Lipinski definition) is 2. The van der Waals surface area contributed by atoms with Crippen LogP contribution < -0.4 is 4.74 Å². The van der Waals surface area contributed by atoms with Gasteiger partial charge in [-0.15, -0.1) is 0 Å². The zero-order chi connectivity index (χ0) is 11.0. The summed E-state index contributed by atoms with van der Waals surface area (Å²) in [5.41, 5.74) is 2.39. The third-order valence-electron chi connectivity index (χ3n) is 2.64. The molecule has 2 nitrogen and oxygen atoms in total. The fourth-order valence-electron chi connectivity index (χ4n) is 1.83. The highest BCUT2D eigenvalue weighted by atomic mass is 127. The van der Waals surface area contributed by atoms with Crippen molar-refractivity contribution in [3.63, 3.8) is 0 Å². The van der Waals surface area contributed by atoms with Gasteiger partial charge >= 0.3 is 0 Å². The Morgan fingerprint density at radius 3 is 2.67 bits per heavy atom. The number of methoxy groups -OCH3 is 1. The fourth-order valence-corrected chi connectivity index (χ4v) is 2.69. The van der Waals surface area contributed by atoms with E-state index in [0.717, 1.165) is 5.75 Å². The van der Waals surface area contributed by atoms with Crippen LogP contribution in [0.15, 0.2) is 18.5 Å². The molecule has 0 amide bonds. The molecule has 0 spiro atoms. The number of pyridine rings is 1. The topological polar surface area (TPSA) is 22.1 Å². The molecule has 1 aromatic carbocycles. The highest BCUT2D eigenvalue weighted by molar-refractivity contribution is 14.1. The van der Waals surface area contributed by atoms with Gasteiger partial charge in [0.05, 0.1) is 7.11 Å². The summed E-state index contributed by atoms with van der Waals surface area (Å²) in [6.07, 6.45) is 3.80. The van der Waals surface area contributed by atoms with Crippen molar-refractivity contribution in [2.45, 2.75) is 13.8 Å². The second-order valence-corrected chi connectivity index (χ2v) is 4.73. The monoisotopic (exact) mass is 313 g/mol. The van der Waals surface area contributed by atoms with Gasteiger partial charge in [0.1, 0.15) is 5.75 Å². The van der Waals surface area contributed by atoms with E-state index in [4.69, 9.17) is 4.74 Å². The van der Waals surface area contributed by atoms with E-state index in [2.05, 4.69) is 47.5 Å². The Labute approximate surface area is 103 Å². The largest absolute Gasteiger partial charge is 0.496 e. The van der Waals surface area contributed by atoms with E-state index >= 15 is 0 Å². The van der Waals surface area contributed by atoms with E-state index < -0.39 is 0 Å². The summed E-state index contributed by atoms with van der Waals surface area (Å²) in [5.74, 6) is 0.948. The third-order valence-corrected chi connectivity index (χ3v) is 3.45. The maximum Gasteiger partial charge on any atom is 0.122 e. The molecule has 2 rings (SSSR count). The molecule has 0 aliphatic rings. The highest BCUT2D eigenvalue weighted by Crippen LogP contribution is 2.32. The van der Waals surface area contributed by atoms with Gasteiger partial charge in [-0.1, -0.05) is 0 Å². The molecule has 0 bridgehead atoms. The predicted molar refractivity (Wildman–Crippen MR) is 70.5 cm³/mol. The lowest BCUT2D eigenvalue weighted by molar-refractivity contribution is 0.412. The Morgan fingerprint density at radius 1 is 1.27 bits per heavy atom. The first-order valence-electron chi connectivity index (χ1n) is 4.72. The number of benzene rings is 1. The van der Waals surface area contributed by atoms with Crippen LogP contribution in [0.5, 0.6) is 5.75 Å². The van der Waals surface area contributed by atoms with Gasteiger partial charge in [-0.25, -0.2) is 0 Å². The van der Waals surface area contributed by atoms with Gasteiger partial charge in [-0.2, -0.15) is 0 Å². The summed E-state index contributed by atoms with van der Waals surface area (Å²) in [4.78, 5) is 4.22. The molecule has 0 aliphatic carbocycles. The maximum atomic E-state index is 5.37. The molecule has 1 aromatic heterocycles. The van der Waals surface area contributed by atoms with E-state index in [0.29, 0.717) is 0 Å².